The Hall–Kier alpha value is -3.60. The zero-order chi connectivity index (χ0) is 20.3. The topological polar surface area (TPSA) is 61.0 Å². The van der Waals surface area contributed by atoms with E-state index in [0.29, 0.717) is 12.2 Å². The van der Waals surface area contributed by atoms with E-state index in [0.717, 1.165) is 37.1 Å². The first-order valence-corrected chi connectivity index (χ1v) is 10.4. The van der Waals surface area contributed by atoms with E-state index in [-0.39, 0.29) is 5.91 Å². The van der Waals surface area contributed by atoms with Gasteiger partial charge in [-0.05, 0) is 47.7 Å². The van der Waals surface area contributed by atoms with E-state index in [1.54, 1.807) is 6.20 Å². The molecule has 0 radical (unpaired) electrons. The van der Waals surface area contributed by atoms with Crippen LogP contribution in [0, 0.1) is 0 Å². The van der Waals surface area contributed by atoms with Gasteiger partial charge in [0.1, 0.15) is 5.69 Å². The lowest BCUT2D eigenvalue weighted by molar-refractivity contribution is 0.0729. The molecule has 0 saturated carbocycles. The predicted molar refractivity (Wildman–Crippen MR) is 120 cm³/mol. The number of carbonyl (C=O) groups is 1. The van der Waals surface area contributed by atoms with E-state index in [4.69, 9.17) is 0 Å². The second kappa shape index (κ2) is 8.03. The number of H-pyrrole nitrogens is 1. The minimum Gasteiger partial charge on any atom is -0.383 e. The maximum absolute atomic E-state index is 12.9. The number of hydrogen-bond donors (Lipinski definition) is 2. The summed E-state index contributed by atoms with van der Waals surface area (Å²) in [5.41, 5.74) is 6.45. The molecule has 5 heteroatoms. The molecule has 5 rings (SSSR count). The smallest absolute Gasteiger partial charge is 0.272 e. The van der Waals surface area contributed by atoms with E-state index in [1.165, 1.54) is 22.1 Å². The molecule has 1 aliphatic heterocycles. The van der Waals surface area contributed by atoms with Gasteiger partial charge in [-0.1, -0.05) is 42.5 Å². The molecule has 2 aromatic heterocycles. The van der Waals surface area contributed by atoms with Crippen LogP contribution in [-0.2, 0) is 19.4 Å². The van der Waals surface area contributed by atoms with Crippen molar-refractivity contribution in [3.05, 3.63) is 95.4 Å². The first-order valence-electron chi connectivity index (χ1n) is 10.4. The van der Waals surface area contributed by atoms with Crippen molar-refractivity contribution in [2.45, 2.75) is 19.4 Å². The van der Waals surface area contributed by atoms with Crippen LogP contribution in [0.1, 0.15) is 27.2 Å². The molecule has 0 saturated heterocycles. The van der Waals surface area contributed by atoms with E-state index in [1.807, 2.05) is 29.2 Å². The maximum atomic E-state index is 12.9. The number of aromatic nitrogens is 2. The minimum absolute atomic E-state index is 0.00477. The van der Waals surface area contributed by atoms with Crippen LogP contribution < -0.4 is 5.32 Å². The van der Waals surface area contributed by atoms with Gasteiger partial charge in [-0.2, -0.15) is 0 Å². The Kier molecular flexibility index (Phi) is 4.93. The van der Waals surface area contributed by atoms with Crippen molar-refractivity contribution >= 4 is 22.5 Å². The van der Waals surface area contributed by atoms with Crippen molar-refractivity contribution in [2.75, 3.05) is 18.4 Å². The first kappa shape index (κ1) is 18.4. The molecule has 0 unspecified atom stereocenters. The normalized spacial score (nSPS) is 13.3. The van der Waals surface area contributed by atoms with E-state index >= 15 is 0 Å². The number of anilines is 1. The van der Waals surface area contributed by atoms with E-state index in [9.17, 15) is 4.79 Å². The Morgan fingerprint density at radius 2 is 1.87 bits per heavy atom. The highest BCUT2D eigenvalue weighted by molar-refractivity contribution is 5.92. The summed E-state index contributed by atoms with van der Waals surface area (Å²) in [6, 6.07) is 20.4. The quantitative estimate of drug-likeness (QED) is 0.525. The molecule has 0 bridgehead atoms. The molecule has 30 heavy (non-hydrogen) atoms. The van der Waals surface area contributed by atoms with Crippen LogP contribution in [0.3, 0.4) is 0 Å². The van der Waals surface area contributed by atoms with Gasteiger partial charge in [0.25, 0.3) is 5.91 Å². The molecule has 2 aromatic carbocycles. The third-order valence-corrected chi connectivity index (χ3v) is 5.80. The van der Waals surface area contributed by atoms with Crippen molar-refractivity contribution in [3.8, 4) is 0 Å². The number of para-hydroxylation sites is 1. The third kappa shape index (κ3) is 3.66. The Morgan fingerprint density at radius 3 is 2.73 bits per heavy atom. The lowest BCUT2D eigenvalue weighted by Gasteiger charge is -2.28. The summed E-state index contributed by atoms with van der Waals surface area (Å²) in [6.07, 6.45) is 5.64. The van der Waals surface area contributed by atoms with Gasteiger partial charge < -0.3 is 15.2 Å². The molecule has 0 atom stereocenters. The number of aromatic amines is 1. The molecule has 0 spiro atoms. The lowest BCUT2D eigenvalue weighted by Crippen LogP contribution is -2.36. The number of amides is 1. The summed E-state index contributed by atoms with van der Waals surface area (Å²) in [7, 11) is 0. The average molecular weight is 396 g/mol. The summed E-state index contributed by atoms with van der Waals surface area (Å²) in [5, 5.41) is 4.67. The minimum atomic E-state index is -0.00477. The molecule has 5 nitrogen and oxygen atoms in total. The van der Waals surface area contributed by atoms with Crippen molar-refractivity contribution < 1.29 is 4.79 Å². The number of benzene rings is 2. The van der Waals surface area contributed by atoms with Crippen molar-refractivity contribution in [1.29, 1.82) is 0 Å². The number of carbonyl (C=O) groups excluding carboxylic acids is 1. The average Bonchev–Trinajstić information content (AvgIpc) is 3.22. The molecule has 3 heterocycles. The van der Waals surface area contributed by atoms with Crippen LogP contribution in [0.15, 0.2) is 73.1 Å². The largest absolute Gasteiger partial charge is 0.383 e. The molecule has 0 aliphatic carbocycles. The van der Waals surface area contributed by atoms with Crippen LogP contribution in [-0.4, -0.2) is 33.9 Å². The lowest BCUT2D eigenvalue weighted by atomic mass is 10.00. The van der Waals surface area contributed by atoms with Gasteiger partial charge in [-0.3, -0.25) is 4.79 Å². The molecule has 1 aliphatic rings. The second-order valence-electron chi connectivity index (χ2n) is 7.71. The molecule has 2 N–H and O–H groups in total. The molecular formula is C25H24N4O. The summed E-state index contributed by atoms with van der Waals surface area (Å²) >= 11 is 0. The monoisotopic (exact) mass is 396 g/mol. The number of nitrogens with zero attached hydrogens (tertiary/aromatic N) is 2. The van der Waals surface area contributed by atoms with Crippen LogP contribution in [0.25, 0.3) is 10.9 Å². The molecular weight excluding hydrogens is 372 g/mol. The number of pyridine rings is 1. The Labute approximate surface area is 175 Å². The molecule has 4 aromatic rings. The number of hydrogen-bond acceptors (Lipinski definition) is 3. The van der Waals surface area contributed by atoms with Crippen LogP contribution in [0.2, 0.25) is 0 Å². The standard InChI is InChI=1S/C25H24N4O/c30-25(29-14-12-18-5-1-2-6-20(18)17-29)24-10-9-21(16-28-24)26-13-11-19-15-27-23-8-4-3-7-22(19)23/h1-10,15-16,26-27H,11-14,17H2. The summed E-state index contributed by atoms with van der Waals surface area (Å²) < 4.78 is 0. The van der Waals surface area contributed by atoms with Gasteiger partial charge >= 0.3 is 0 Å². The number of nitrogens with one attached hydrogen (secondary N) is 2. The first-order chi connectivity index (χ1) is 14.8. The number of rotatable bonds is 5. The predicted octanol–water partition coefficient (Wildman–Crippen LogP) is 4.42. The zero-order valence-electron chi connectivity index (χ0n) is 16.8. The second-order valence-corrected chi connectivity index (χ2v) is 7.71. The van der Waals surface area contributed by atoms with E-state index in [2.05, 4.69) is 57.9 Å². The van der Waals surface area contributed by atoms with Crippen molar-refractivity contribution in [3.63, 3.8) is 0 Å². The summed E-state index contributed by atoms with van der Waals surface area (Å²) in [4.78, 5) is 22.5. The fraction of sp³-hybridized carbons (Fsp3) is 0.200. The maximum Gasteiger partial charge on any atom is 0.272 e. The third-order valence-electron chi connectivity index (χ3n) is 5.80. The molecule has 0 fully saturated rings. The molecule has 1 amide bonds. The Morgan fingerprint density at radius 1 is 1.03 bits per heavy atom. The Balaban J connectivity index is 1.19. The van der Waals surface area contributed by atoms with Gasteiger partial charge in [0, 0.05) is 36.7 Å². The fourth-order valence-corrected chi connectivity index (χ4v) is 4.14. The van der Waals surface area contributed by atoms with Gasteiger partial charge in [-0.25, -0.2) is 4.98 Å². The Bertz CT molecular complexity index is 1180. The SMILES string of the molecule is O=C(c1ccc(NCCc2c[nH]c3ccccc23)cn1)N1CCc2ccccc2C1. The molecule has 150 valence electrons. The van der Waals surface area contributed by atoms with Crippen LogP contribution in [0.5, 0.6) is 0 Å². The van der Waals surface area contributed by atoms with Gasteiger partial charge in [-0.15, -0.1) is 0 Å². The van der Waals surface area contributed by atoms with Crippen LogP contribution >= 0.6 is 0 Å². The fourth-order valence-electron chi connectivity index (χ4n) is 4.14. The highest BCUT2D eigenvalue weighted by atomic mass is 16.2. The highest BCUT2D eigenvalue weighted by Gasteiger charge is 2.22. The van der Waals surface area contributed by atoms with Gasteiger partial charge in [0.2, 0.25) is 0 Å². The number of fused-ring (bicyclic) bond motifs is 2. The van der Waals surface area contributed by atoms with Gasteiger partial charge in [0.05, 0.1) is 11.9 Å². The van der Waals surface area contributed by atoms with Crippen molar-refractivity contribution in [2.24, 2.45) is 0 Å². The van der Waals surface area contributed by atoms with Crippen molar-refractivity contribution in [1.82, 2.24) is 14.9 Å². The zero-order valence-corrected chi connectivity index (χ0v) is 16.8. The van der Waals surface area contributed by atoms with E-state index < -0.39 is 0 Å². The summed E-state index contributed by atoms with van der Waals surface area (Å²) in [6.45, 7) is 2.20. The summed E-state index contributed by atoms with van der Waals surface area (Å²) in [5.74, 6) is -0.00477. The van der Waals surface area contributed by atoms with Gasteiger partial charge in [0.15, 0.2) is 0 Å². The van der Waals surface area contributed by atoms with Crippen LogP contribution in [0.4, 0.5) is 5.69 Å². The highest BCUT2D eigenvalue weighted by Crippen LogP contribution is 2.21.